The molecule has 0 saturated heterocycles. The highest BCUT2D eigenvalue weighted by Gasteiger charge is 2.51. The van der Waals surface area contributed by atoms with E-state index in [4.69, 9.17) is 23.7 Å². The molecular weight excluding hydrogens is 826 g/mol. The predicted molar refractivity (Wildman–Crippen MR) is 237 cm³/mol. The van der Waals surface area contributed by atoms with Crippen LogP contribution >= 0.6 is 11.3 Å². The first-order valence-electron chi connectivity index (χ1n) is 22.3. The molecule has 4 bridgehead atoms. The van der Waals surface area contributed by atoms with Gasteiger partial charge in [0.15, 0.2) is 16.6 Å². The highest BCUT2D eigenvalue weighted by Crippen LogP contribution is 2.61. The molecular formula is C49H58FN3O9S. The zero-order valence-corrected chi connectivity index (χ0v) is 36.8. The number of carbonyl (C=O) groups excluding carboxylic acids is 2. The van der Waals surface area contributed by atoms with E-state index in [2.05, 4.69) is 15.6 Å². The van der Waals surface area contributed by atoms with E-state index in [0.29, 0.717) is 91.4 Å². The van der Waals surface area contributed by atoms with Gasteiger partial charge in [-0.3, -0.25) is 9.59 Å². The molecule has 1 aliphatic heterocycles. The second kappa shape index (κ2) is 20.4. The first kappa shape index (κ1) is 44.9. The van der Waals surface area contributed by atoms with Gasteiger partial charge in [0.25, 0.3) is 0 Å². The number of fused-ring (bicyclic) bond motifs is 1. The smallest absolute Gasteiger partial charge is 0.335 e. The van der Waals surface area contributed by atoms with Gasteiger partial charge in [-0.1, -0.05) is 12.1 Å². The number of hydrogen-bond donors (Lipinski definition) is 3. The van der Waals surface area contributed by atoms with Gasteiger partial charge < -0.3 is 39.4 Å². The number of thiazole rings is 1. The fourth-order valence-electron chi connectivity index (χ4n) is 10.9. The summed E-state index contributed by atoms with van der Waals surface area (Å²) in [5.41, 5.74) is 2.34. The molecule has 9 rings (SSSR count). The van der Waals surface area contributed by atoms with Crippen LogP contribution in [0.25, 0.3) is 11.1 Å². The first-order valence-corrected chi connectivity index (χ1v) is 23.2. The number of hydrogen-bond acceptors (Lipinski definition) is 11. The van der Waals surface area contributed by atoms with Gasteiger partial charge >= 0.3 is 5.97 Å². The quantitative estimate of drug-likeness (QED) is 0.0611. The zero-order valence-electron chi connectivity index (χ0n) is 36.0. The summed E-state index contributed by atoms with van der Waals surface area (Å²) >= 11 is 1.35. The van der Waals surface area contributed by atoms with E-state index in [9.17, 15) is 19.5 Å². The number of nitrogens with one attached hydrogen (secondary N) is 2. The van der Waals surface area contributed by atoms with Crippen molar-refractivity contribution in [1.82, 2.24) is 10.3 Å². The first-order chi connectivity index (χ1) is 30.5. The molecule has 0 radical (unpaired) electrons. The Labute approximate surface area is 372 Å². The van der Waals surface area contributed by atoms with Crippen molar-refractivity contribution in [3.63, 3.8) is 0 Å². The largest absolute Gasteiger partial charge is 0.487 e. The summed E-state index contributed by atoms with van der Waals surface area (Å²) in [7, 11) is 0. The summed E-state index contributed by atoms with van der Waals surface area (Å²) in [6.07, 6.45) is 12.6. The van der Waals surface area contributed by atoms with Gasteiger partial charge in [0.1, 0.15) is 24.0 Å². The van der Waals surface area contributed by atoms with Crippen LogP contribution in [0.2, 0.25) is 0 Å². The number of amides is 1. The zero-order chi connectivity index (χ0) is 43.8. The Morgan fingerprint density at radius 1 is 0.857 bits per heavy atom. The van der Waals surface area contributed by atoms with Gasteiger partial charge in [0, 0.05) is 61.2 Å². The monoisotopic (exact) mass is 883 g/mol. The van der Waals surface area contributed by atoms with Gasteiger partial charge in [-0.15, -0.1) is 11.3 Å². The van der Waals surface area contributed by atoms with Crippen LogP contribution in [0.4, 0.5) is 9.52 Å². The molecule has 4 saturated carbocycles. The van der Waals surface area contributed by atoms with E-state index in [1.165, 1.54) is 68.1 Å². The fourth-order valence-corrected chi connectivity index (χ4v) is 11.4. The Morgan fingerprint density at radius 3 is 2.19 bits per heavy atom. The number of Topliss-reactive ketones (excluding diaryl/α,β-unsaturated/α-hetero) is 1. The average molecular weight is 884 g/mol. The van der Waals surface area contributed by atoms with Crippen LogP contribution in [-0.2, 0) is 35.8 Å². The van der Waals surface area contributed by atoms with Crippen LogP contribution in [-0.4, -0.2) is 80.5 Å². The lowest BCUT2D eigenvalue weighted by Gasteiger charge is -2.56. The van der Waals surface area contributed by atoms with Crippen LogP contribution in [0.1, 0.15) is 92.6 Å². The van der Waals surface area contributed by atoms with E-state index in [-0.39, 0.29) is 36.9 Å². The van der Waals surface area contributed by atoms with Crippen molar-refractivity contribution in [3.8, 4) is 28.4 Å². The van der Waals surface area contributed by atoms with Crippen LogP contribution in [0.3, 0.4) is 0 Å². The minimum Gasteiger partial charge on any atom is -0.487 e. The molecule has 4 aliphatic carbocycles. The van der Waals surface area contributed by atoms with Crippen molar-refractivity contribution in [2.75, 3.05) is 58.1 Å². The molecule has 63 heavy (non-hydrogen) atoms. The summed E-state index contributed by atoms with van der Waals surface area (Å²) in [4.78, 5) is 41.5. The van der Waals surface area contributed by atoms with E-state index < -0.39 is 17.3 Å². The van der Waals surface area contributed by atoms with Crippen LogP contribution in [0, 0.1) is 29.0 Å². The molecule has 1 atom stereocenters. The third-order valence-corrected chi connectivity index (χ3v) is 13.9. The van der Waals surface area contributed by atoms with Gasteiger partial charge in [-0.05, 0) is 135 Å². The average Bonchev–Trinajstić information content (AvgIpc) is 3.75. The van der Waals surface area contributed by atoms with E-state index >= 15 is 4.39 Å². The third kappa shape index (κ3) is 11.5. The Hall–Kier alpha value is -4.73. The van der Waals surface area contributed by atoms with Gasteiger partial charge in [0.2, 0.25) is 5.91 Å². The van der Waals surface area contributed by atoms with Crippen molar-refractivity contribution in [1.29, 1.82) is 0 Å². The number of anilines is 1. The molecule has 2 heterocycles. The number of carboxylic acids is 1. The van der Waals surface area contributed by atoms with Gasteiger partial charge in [0.05, 0.1) is 38.6 Å². The molecule has 4 aromatic rings. The van der Waals surface area contributed by atoms with Crippen LogP contribution in [0.15, 0.2) is 66.2 Å². The summed E-state index contributed by atoms with van der Waals surface area (Å²) in [6.45, 7) is 5.33. The molecule has 1 aromatic heterocycles. The number of nitrogens with zero attached hydrogens (tertiary/aromatic N) is 1. The van der Waals surface area contributed by atoms with Crippen molar-refractivity contribution < 1.29 is 47.6 Å². The highest BCUT2D eigenvalue weighted by atomic mass is 32.1. The maximum atomic E-state index is 15.6. The molecule has 0 unspecified atom stereocenters. The van der Waals surface area contributed by atoms with E-state index in [0.717, 1.165) is 41.7 Å². The summed E-state index contributed by atoms with van der Waals surface area (Å²) in [5.74, 6) is 2.24. The van der Waals surface area contributed by atoms with Crippen molar-refractivity contribution in [2.45, 2.75) is 83.1 Å². The fraction of sp³-hybridized carbons (Fsp3) is 0.510. The highest BCUT2D eigenvalue weighted by molar-refractivity contribution is 7.13. The molecule has 12 nitrogen and oxygen atoms in total. The number of aromatic nitrogens is 1. The maximum absolute atomic E-state index is 15.6. The van der Waals surface area contributed by atoms with Crippen LogP contribution in [0.5, 0.6) is 17.2 Å². The minimum atomic E-state index is -1.06. The lowest BCUT2D eigenvalue weighted by atomic mass is 9.48. The molecule has 14 heteroatoms. The van der Waals surface area contributed by atoms with E-state index in [1.807, 2.05) is 19.1 Å². The molecule has 3 N–H and O–H groups in total. The van der Waals surface area contributed by atoms with Crippen molar-refractivity contribution in [2.24, 2.45) is 23.2 Å². The molecule has 1 amide bonds. The predicted octanol–water partition coefficient (Wildman–Crippen LogP) is 9.21. The van der Waals surface area contributed by atoms with Crippen molar-refractivity contribution >= 4 is 34.1 Å². The molecule has 336 valence electrons. The molecule has 3 aromatic carbocycles. The Kier molecular flexibility index (Phi) is 14.5. The number of aromatic carboxylic acids is 1. The lowest BCUT2D eigenvalue weighted by molar-refractivity contribution is -0.127. The number of ketones is 1. The number of benzene rings is 3. The van der Waals surface area contributed by atoms with Gasteiger partial charge in [-0.25, -0.2) is 14.2 Å². The Bertz CT molecular complexity index is 2180. The second-order valence-corrected chi connectivity index (χ2v) is 19.0. The maximum Gasteiger partial charge on any atom is 0.335 e. The van der Waals surface area contributed by atoms with Crippen molar-refractivity contribution in [3.05, 3.63) is 88.7 Å². The Balaban J connectivity index is 0.803. The number of carbonyl (C=O) groups is 3. The molecule has 5 aliphatic rings. The minimum absolute atomic E-state index is 0.110. The number of carboxylic acid groups (broad SMARTS) is 1. The van der Waals surface area contributed by atoms with E-state index in [1.54, 1.807) is 35.8 Å². The standard InChI is InChI=1S/C49H58FN3O9S/c1-48(31-45(55)53-47-51-12-20-63-47)41-26-44(62-39-8-9-40(42(50)25-39)35-4-6-36(7-5-35)46(56)57)43(24-37(41)10-11-52-48)61-19-18-60-17-16-59-15-14-58-13-2-3-38(54)30-49-27-32-21-33(28-49)23-34(22-32)29-49/h4-9,12,20,24-26,32-34,52H,2-3,10-11,13-19,21-23,27-31H2,1H3,(H,56,57)(H,51,53,55)/t32?,33?,34?,48-,49?/m1/s1. The summed E-state index contributed by atoms with van der Waals surface area (Å²) in [6, 6.07) is 14.3. The number of ether oxygens (including phenoxy) is 5. The molecule has 0 spiro atoms. The second-order valence-electron chi connectivity index (χ2n) is 18.1. The van der Waals surface area contributed by atoms with Crippen LogP contribution < -0.4 is 20.1 Å². The lowest BCUT2D eigenvalue weighted by Crippen LogP contribution is -2.47. The molecule has 4 fully saturated rings. The summed E-state index contributed by atoms with van der Waals surface area (Å²) < 4.78 is 45.4. The SMILES string of the molecule is C[C@]1(CC(=O)Nc2nccs2)NCCc2cc(OCCOCCOCCOCCCC(=O)CC34CC5CC(CC(C5)C3)C4)c(Oc3ccc(-c4ccc(C(=O)O)cc4)c(F)c3)cc21. The third-order valence-electron chi connectivity index (χ3n) is 13.2. The number of halogens is 1. The topological polar surface area (TPSA) is 155 Å². The summed E-state index contributed by atoms with van der Waals surface area (Å²) in [5, 5.41) is 18.0. The normalized spacial score (nSPS) is 23.3. The Morgan fingerprint density at radius 2 is 1.54 bits per heavy atom. The van der Waals surface area contributed by atoms with Gasteiger partial charge in [-0.2, -0.15) is 0 Å². The number of rotatable bonds is 23.